The van der Waals surface area contributed by atoms with Crippen molar-refractivity contribution < 1.29 is 14.3 Å². The van der Waals surface area contributed by atoms with Gasteiger partial charge >= 0.3 is 5.97 Å². The largest absolute Gasteiger partial charge is 0.497 e. The quantitative estimate of drug-likeness (QED) is 0.824. The standard InChI is InChI=1S/C13H15NO3/c1-16-11-4-5-12-9(8-11)7-10(14-12)3-6-13(15)17-2/h4-5,7-8,14H,3,6H2,1-2H3. The SMILES string of the molecule is COC(=O)CCc1cc2cc(OC)ccc2[nH]1. The van der Waals surface area contributed by atoms with Crippen LogP contribution in [0.25, 0.3) is 10.9 Å². The molecule has 0 saturated heterocycles. The monoisotopic (exact) mass is 233 g/mol. The summed E-state index contributed by atoms with van der Waals surface area (Å²) in [4.78, 5) is 14.3. The molecule has 0 unspecified atom stereocenters. The molecule has 4 nitrogen and oxygen atoms in total. The number of aromatic amines is 1. The molecule has 0 atom stereocenters. The summed E-state index contributed by atoms with van der Waals surface area (Å²) in [6, 6.07) is 7.87. The molecular formula is C13H15NO3. The number of nitrogens with one attached hydrogen (secondary N) is 1. The number of benzene rings is 1. The molecule has 0 amide bonds. The summed E-state index contributed by atoms with van der Waals surface area (Å²) in [5.41, 5.74) is 2.07. The van der Waals surface area contributed by atoms with Crippen LogP contribution in [0, 0.1) is 0 Å². The van der Waals surface area contributed by atoms with Crippen LogP contribution in [0.5, 0.6) is 5.75 Å². The van der Waals surface area contributed by atoms with Gasteiger partial charge in [-0.3, -0.25) is 4.79 Å². The Morgan fingerprint density at radius 2 is 2.12 bits per heavy atom. The lowest BCUT2D eigenvalue weighted by molar-refractivity contribution is -0.140. The second-order valence-electron chi connectivity index (χ2n) is 3.82. The zero-order valence-electron chi connectivity index (χ0n) is 9.95. The Morgan fingerprint density at radius 1 is 1.29 bits per heavy atom. The molecule has 0 spiro atoms. The van der Waals surface area contributed by atoms with Crippen LogP contribution in [-0.4, -0.2) is 25.2 Å². The van der Waals surface area contributed by atoms with Crippen molar-refractivity contribution in [3.05, 3.63) is 30.0 Å². The third kappa shape index (κ3) is 2.58. The van der Waals surface area contributed by atoms with Crippen molar-refractivity contribution in [2.45, 2.75) is 12.8 Å². The fourth-order valence-corrected chi connectivity index (χ4v) is 1.77. The number of ether oxygens (including phenoxy) is 2. The number of H-pyrrole nitrogens is 1. The van der Waals surface area contributed by atoms with Crippen molar-refractivity contribution in [1.82, 2.24) is 4.98 Å². The molecule has 0 aliphatic rings. The molecule has 0 aliphatic heterocycles. The first-order chi connectivity index (χ1) is 8.22. The minimum atomic E-state index is -0.193. The molecule has 0 saturated carbocycles. The van der Waals surface area contributed by atoms with Gasteiger partial charge in [-0.1, -0.05) is 0 Å². The van der Waals surface area contributed by atoms with Crippen molar-refractivity contribution in [3.8, 4) is 5.75 Å². The van der Waals surface area contributed by atoms with Crippen LogP contribution in [0.4, 0.5) is 0 Å². The van der Waals surface area contributed by atoms with Crippen molar-refractivity contribution in [3.63, 3.8) is 0 Å². The molecule has 0 radical (unpaired) electrons. The van der Waals surface area contributed by atoms with E-state index in [2.05, 4.69) is 9.72 Å². The number of carbonyl (C=O) groups excluding carboxylic acids is 1. The van der Waals surface area contributed by atoms with E-state index in [1.807, 2.05) is 24.3 Å². The van der Waals surface area contributed by atoms with Crippen LogP contribution in [0.3, 0.4) is 0 Å². The Kier molecular flexibility index (Phi) is 3.32. The molecule has 4 heteroatoms. The first kappa shape index (κ1) is 11.5. The summed E-state index contributed by atoms with van der Waals surface area (Å²) < 4.78 is 9.77. The van der Waals surface area contributed by atoms with Crippen LogP contribution < -0.4 is 4.74 Å². The minimum absolute atomic E-state index is 0.193. The van der Waals surface area contributed by atoms with Crippen LogP contribution in [0.1, 0.15) is 12.1 Å². The van der Waals surface area contributed by atoms with Crippen molar-refractivity contribution in [2.24, 2.45) is 0 Å². The number of esters is 1. The summed E-state index contributed by atoms with van der Waals surface area (Å²) in [7, 11) is 3.05. The van der Waals surface area contributed by atoms with E-state index in [-0.39, 0.29) is 5.97 Å². The summed E-state index contributed by atoms with van der Waals surface area (Å²) >= 11 is 0. The molecule has 0 aliphatic carbocycles. The Bertz CT molecular complexity index is 530. The van der Waals surface area contributed by atoms with Gasteiger partial charge in [0.1, 0.15) is 5.75 Å². The Morgan fingerprint density at radius 3 is 2.82 bits per heavy atom. The van der Waals surface area contributed by atoms with Gasteiger partial charge in [-0.05, 0) is 30.7 Å². The molecule has 17 heavy (non-hydrogen) atoms. The van der Waals surface area contributed by atoms with Gasteiger partial charge in [-0.15, -0.1) is 0 Å². The number of hydrogen-bond donors (Lipinski definition) is 1. The van der Waals surface area contributed by atoms with Gasteiger partial charge in [-0.25, -0.2) is 0 Å². The molecule has 1 heterocycles. The first-order valence-corrected chi connectivity index (χ1v) is 5.45. The van der Waals surface area contributed by atoms with Gasteiger partial charge in [0.15, 0.2) is 0 Å². The minimum Gasteiger partial charge on any atom is -0.497 e. The highest BCUT2D eigenvalue weighted by Crippen LogP contribution is 2.21. The summed E-state index contributed by atoms with van der Waals surface area (Å²) in [6.07, 6.45) is 1.05. The van der Waals surface area contributed by atoms with E-state index >= 15 is 0 Å². The number of rotatable bonds is 4. The second-order valence-corrected chi connectivity index (χ2v) is 3.82. The predicted molar refractivity (Wildman–Crippen MR) is 65.2 cm³/mol. The molecule has 0 bridgehead atoms. The van der Waals surface area contributed by atoms with E-state index in [1.54, 1.807) is 7.11 Å². The fraction of sp³-hybridized carbons (Fsp3) is 0.308. The maximum absolute atomic E-state index is 11.0. The zero-order chi connectivity index (χ0) is 12.3. The summed E-state index contributed by atoms with van der Waals surface area (Å²) in [6.45, 7) is 0. The summed E-state index contributed by atoms with van der Waals surface area (Å²) in [5, 5.41) is 1.09. The number of hydrogen-bond acceptors (Lipinski definition) is 3. The summed E-state index contributed by atoms with van der Waals surface area (Å²) in [5.74, 6) is 0.636. The van der Waals surface area contributed by atoms with E-state index in [9.17, 15) is 4.79 Å². The van der Waals surface area contributed by atoms with Crippen LogP contribution >= 0.6 is 0 Å². The zero-order valence-corrected chi connectivity index (χ0v) is 9.95. The Hall–Kier alpha value is -1.97. The molecule has 90 valence electrons. The van der Waals surface area contributed by atoms with Crippen molar-refractivity contribution >= 4 is 16.9 Å². The average Bonchev–Trinajstić information content (AvgIpc) is 2.77. The van der Waals surface area contributed by atoms with E-state index in [0.717, 1.165) is 22.3 Å². The highest BCUT2D eigenvalue weighted by atomic mass is 16.5. The normalized spacial score (nSPS) is 10.5. The number of aryl methyl sites for hydroxylation is 1. The lowest BCUT2D eigenvalue weighted by atomic mass is 10.2. The fourth-order valence-electron chi connectivity index (χ4n) is 1.77. The lowest BCUT2D eigenvalue weighted by Gasteiger charge is -1.97. The van der Waals surface area contributed by atoms with Crippen LogP contribution in [0.15, 0.2) is 24.3 Å². The highest BCUT2D eigenvalue weighted by Gasteiger charge is 2.05. The van der Waals surface area contributed by atoms with Gasteiger partial charge in [-0.2, -0.15) is 0 Å². The number of methoxy groups -OCH3 is 2. The number of fused-ring (bicyclic) bond motifs is 1. The Labute approximate surface area is 99.5 Å². The number of carbonyl (C=O) groups is 1. The lowest BCUT2D eigenvalue weighted by Crippen LogP contribution is -2.01. The van der Waals surface area contributed by atoms with Crippen LogP contribution in [-0.2, 0) is 16.0 Å². The smallest absolute Gasteiger partial charge is 0.305 e. The van der Waals surface area contributed by atoms with Crippen molar-refractivity contribution in [1.29, 1.82) is 0 Å². The molecule has 2 rings (SSSR count). The average molecular weight is 233 g/mol. The highest BCUT2D eigenvalue weighted by molar-refractivity contribution is 5.82. The molecule has 1 aromatic carbocycles. The third-order valence-electron chi connectivity index (χ3n) is 2.71. The Balaban J connectivity index is 2.17. The molecule has 1 N–H and O–H groups in total. The van der Waals surface area contributed by atoms with Crippen LogP contribution in [0.2, 0.25) is 0 Å². The maximum atomic E-state index is 11.0. The third-order valence-corrected chi connectivity index (χ3v) is 2.71. The van der Waals surface area contributed by atoms with Gasteiger partial charge in [0.2, 0.25) is 0 Å². The molecule has 1 aromatic heterocycles. The second kappa shape index (κ2) is 4.91. The molecule has 0 fully saturated rings. The topological polar surface area (TPSA) is 51.3 Å². The van der Waals surface area contributed by atoms with Gasteiger partial charge in [0, 0.05) is 16.6 Å². The van der Waals surface area contributed by atoms with Crippen molar-refractivity contribution in [2.75, 3.05) is 14.2 Å². The first-order valence-electron chi connectivity index (χ1n) is 5.45. The van der Waals surface area contributed by atoms with E-state index in [0.29, 0.717) is 12.8 Å². The maximum Gasteiger partial charge on any atom is 0.305 e. The van der Waals surface area contributed by atoms with Gasteiger partial charge in [0.05, 0.1) is 20.6 Å². The van der Waals surface area contributed by atoms with Gasteiger partial charge < -0.3 is 14.5 Å². The molecule has 2 aromatic rings. The van der Waals surface area contributed by atoms with Gasteiger partial charge in [0.25, 0.3) is 0 Å². The number of aromatic nitrogens is 1. The van der Waals surface area contributed by atoms with E-state index in [4.69, 9.17) is 4.74 Å². The molecular weight excluding hydrogens is 218 g/mol. The predicted octanol–water partition coefficient (Wildman–Crippen LogP) is 2.28. The van der Waals surface area contributed by atoms with E-state index < -0.39 is 0 Å². The van der Waals surface area contributed by atoms with E-state index in [1.165, 1.54) is 7.11 Å².